The zero-order valence-electron chi connectivity index (χ0n) is 16.6. The maximum absolute atomic E-state index is 12.9. The Bertz CT molecular complexity index is 1170. The summed E-state index contributed by atoms with van der Waals surface area (Å²) in [5.74, 6) is 0.778. The van der Waals surface area contributed by atoms with E-state index in [1.807, 2.05) is 61.7 Å². The lowest BCUT2D eigenvalue weighted by atomic mass is 10.2. The van der Waals surface area contributed by atoms with Crippen LogP contribution in [-0.4, -0.2) is 22.4 Å². The number of nitrogens with zero attached hydrogens (tertiary/aromatic N) is 3. The molecule has 2 aromatic heterocycles. The molecule has 0 N–H and O–H groups in total. The first-order valence-corrected chi connectivity index (χ1v) is 11.6. The summed E-state index contributed by atoms with van der Waals surface area (Å²) in [6.45, 7) is 4.91. The molecule has 0 aliphatic heterocycles. The van der Waals surface area contributed by atoms with Crippen molar-refractivity contribution in [3.8, 4) is 5.75 Å². The van der Waals surface area contributed by atoms with Crippen molar-refractivity contribution in [3.05, 3.63) is 69.1 Å². The highest BCUT2D eigenvalue weighted by molar-refractivity contribution is 7.22. The predicted molar refractivity (Wildman–Crippen MR) is 124 cm³/mol. The fourth-order valence-electron chi connectivity index (χ4n) is 2.95. The van der Waals surface area contributed by atoms with Gasteiger partial charge in [0.25, 0.3) is 0 Å². The van der Waals surface area contributed by atoms with Crippen molar-refractivity contribution in [2.75, 3.05) is 11.4 Å². The lowest BCUT2D eigenvalue weighted by Crippen LogP contribution is -2.32. The number of fused-ring (bicyclic) bond motifs is 1. The molecule has 0 aliphatic rings. The molecule has 0 radical (unpaired) electrons. The first kappa shape index (κ1) is 20.8. The van der Waals surface area contributed by atoms with Crippen molar-refractivity contribution >= 4 is 55.5 Å². The van der Waals surface area contributed by atoms with Crippen molar-refractivity contribution in [2.24, 2.45) is 0 Å². The molecule has 0 fully saturated rings. The second-order valence-electron chi connectivity index (χ2n) is 6.76. The highest BCUT2D eigenvalue weighted by Gasteiger charge is 2.19. The third-order valence-electron chi connectivity index (χ3n) is 4.50. The number of halogens is 1. The van der Waals surface area contributed by atoms with Gasteiger partial charge in [0, 0.05) is 16.9 Å². The van der Waals surface area contributed by atoms with Crippen LogP contribution in [0.4, 0.5) is 5.13 Å². The number of aromatic nitrogens is 2. The molecule has 5 nitrogen and oxygen atoms in total. The van der Waals surface area contributed by atoms with Gasteiger partial charge in [0.05, 0.1) is 22.3 Å². The van der Waals surface area contributed by atoms with Crippen molar-refractivity contribution in [2.45, 2.75) is 26.9 Å². The van der Waals surface area contributed by atoms with Gasteiger partial charge in [-0.15, -0.1) is 11.3 Å². The molecule has 0 saturated heterocycles. The Morgan fingerprint density at radius 2 is 1.97 bits per heavy atom. The lowest BCUT2D eigenvalue weighted by Gasteiger charge is -2.16. The molecule has 4 rings (SSSR count). The maximum Gasteiger partial charge on any atom is 0.234 e. The maximum atomic E-state index is 12.9. The van der Waals surface area contributed by atoms with E-state index < -0.39 is 0 Å². The van der Waals surface area contributed by atoms with Crippen molar-refractivity contribution in [1.82, 2.24) is 9.97 Å². The quantitative estimate of drug-likeness (QED) is 0.347. The average Bonchev–Trinajstić information content (AvgIpc) is 3.34. The van der Waals surface area contributed by atoms with Gasteiger partial charge in [-0.05, 0) is 44.2 Å². The largest absolute Gasteiger partial charge is 0.486 e. The van der Waals surface area contributed by atoms with Gasteiger partial charge in [0.1, 0.15) is 17.4 Å². The van der Waals surface area contributed by atoms with Crippen molar-refractivity contribution < 1.29 is 9.53 Å². The standard InChI is InChI=1S/C22H20ClN3O2S2/c1-3-26(22-25-18-10-15(23)6-9-19(18)30-22)21(27)11-16-13-29-20(24-16)12-28-17-7-4-14(2)5-8-17/h4-10,13H,3,11-12H2,1-2H3. The van der Waals surface area contributed by atoms with Crippen LogP contribution in [0.2, 0.25) is 5.02 Å². The number of anilines is 1. The van der Waals surface area contributed by atoms with E-state index in [9.17, 15) is 4.79 Å². The van der Waals surface area contributed by atoms with E-state index in [0.717, 1.165) is 26.7 Å². The first-order chi connectivity index (χ1) is 14.5. The number of amides is 1. The topological polar surface area (TPSA) is 55.3 Å². The number of ether oxygens (including phenoxy) is 1. The van der Waals surface area contributed by atoms with E-state index >= 15 is 0 Å². The predicted octanol–water partition coefficient (Wildman–Crippen LogP) is 5.89. The van der Waals surface area contributed by atoms with E-state index in [-0.39, 0.29) is 12.3 Å². The van der Waals surface area contributed by atoms with Crippen molar-refractivity contribution in [1.29, 1.82) is 0 Å². The zero-order valence-corrected chi connectivity index (χ0v) is 19.0. The summed E-state index contributed by atoms with van der Waals surface area (Å²) >= 11 is 9.04. The Morgan fingerprint density at radius 3 is 2.73 bits per heavy atom. The smallest absolute Gasteiger partial charge is 0.234 e. The highest BCUT2D eigenvalue weighted by atomic mass is 35.5. The van der Waals surface area contributed by atoms with E-state index in [4.69, 9.17) is 16.3 Å². The minimum Gasteiger partial charge on any atom is -0.486 e. The third kappa shape index (κ3) is 4.80. The van der Waals surface area contributed by atoms with E-state index in [0.29, 0.717) is 23.3 Å². The molecule has 4 aromatic rings. The van der Waals surface area contributed by atoms with Crippen LogP contribution in [0.15, 0.2) is 47.8 Å². The minimum atomic E-state index is -0.0287. The molecule has 2 heterocycles. The molecular formula is C22H20ClN3O2S2. The van der Waals surface area contributed by atoms with Crippen LogP contribution in [0.5, 0.6) is 5.75 Å². The second kappa shape index (κ2) is 9.12. The summed E-state index contributed by atoms with van der Waals surface area (Å²) in [6.07, 6.45) is 0.228. The van der Waals surface area contributed by atoms with E-state index in [1.54, 1.807) is 4.90 Å². The fraction of sp³-hybridized carbons (Fsp3) is 0.227. The van der Waals surface area contributed by atoms with Gasteiger partial charge in [-0.3, -0.25) is 9.69 Å². The Morgan fingerprint density at radius 1 is 1.17 bits per heavy atom. The number of rotatable bonds is 7. The van der Waals surface area contributed by atoms with Crippen LogP contribution in [0.3, 0.4) is 0 Å². The average molecular weight is 458 g/mol. The summed E-state index contributed by atoms with van der Waals surface area (Å²) in [4.78, 5) is 23.7. The molecule has 0 saturated carbocycles. The Balaban J connectivity index is 1.41. The van der Waals surface area contributed by atoms with E-state index in [2.05, 4.69) is 9.97 Å². The monoisotopic (exact) mass is 457 g/mol. The number of carbonyl (C=O) groups excluding carboxylic acids is 1. The third-order valence-corrected chi connectivity index (χ3v) is 6.67. The van der Waals surface area contributed by atoms with Gasteiger partial charge in [0.15, 0.2) is 5.13 Å². The fourth-order valence-corrected chi connectivity index (χ4v) is 4.85. The zero-order chi connectivity index (χ0) is 21.1. The molecule has 0 atom stereocenters. The van der Waals surface area contributed by atoms with Crippen LogP contribution in [-0.2, 0) is 17.8 Å². The number of likely N-dealkylation sites (N-methyl/N-ethyl adjacent to an activating group) is 1. The number of hydrogen-bond donors (Lipinski definition) is 0. The summed E-state index contributed by atoms with van der Waals surface area (Å²) < 4.78 is 6.78. The number of hydrogen-bond acceptors (Lipinski definition) is 6. The number of benzene rings is 2. The van der Waals surface area contributed by atoms with Gasteiger partial charge in [-0.2, -0.15) is 0 Å². The van der Waals surface area contributed by atoms with Crippen LogP contribution in [0, 0.1) is 6.92 Å². The van der Waals surface area contributed by atoms with Crippen LogP contribution in [0.1, 0.15) is 23.2 Å². The van der Waals surface area contributed by atoms with Gasteiger partial charge in [0.2, 0.25) is 5.91 Å². The Kier molecular flexibility index (Phi) is 6.32. The lowest BCUT2D eigenvalue weighted by molar-refractivity contribution is -0.118. The van der Waals surface area contributed by atoms with E-state index in [1.165, 1.54) is 28.2 Å². The van der Waals surface area contributed by atoms with Crippen LogP contribution >= 0.6 is 34.3 Å². The molecule has 0 aliphatic carbocycles. The molecule has 154 valence electrons. The summed E-state index contributed by atoms with van der Waals surface area (Å²) in [5, 5.41) is 4.07. The first-order valence-electron chi connectivity index (χ1n) is 9.51. The molecule has 30 heavy (non-hydrogen) atoms. The molecular weight excluding hydrogens is 438 g/mol. The minimum absolute atomic E-state index is 0.0287. The van der Waals surface area contributed by atoms with Crippen LogP contribution in [0.25, 0.3) is 10.2 Å². The van der Waals surface area contributed by atoms with Gasteiger partial charge >= 0.3 is 0 Å². The number of aryl methyl sites for hydroxylation is 1. The summed E-state index contributed by atoms with van der Waals surface area (Å²) in [7, 11) is 0. The van der Waals surface area contributed by atoms with Gasteiger partial charge in [-0.25, -0.2) is 9.97 Å². The molecule has 0 spiro atoms. The molecule has 1 amide bonds. The SMILES string of the molecule is CCN(C(=O)Cc1csc(COc2ccc(C)cc2)n1)c1nc2cc(Cl)ccc2s1. The second-order valence-corrected chi connectivity index (χ2v) is 9.15. The number of thiazole rings is 2. The normalized spacial score (nSPS) is 11.0. The molecule has 0 bridgehead atoms. The molecule has 8 heteroatoms. The highest BCUT2D eigenvalue weighted by Crippen LogP contribution is 2.31. The Labute approximate surface area is 187 Å². The van der Waals surface area contributed by atoms with Crippen LogP contribution < -0.4 is 9.64 Å². The molecule has 0 unspecified atom stereocenters. The van der Waals surface area contributed by atoms with Gasteiger partial charge < -0.3 is 4.74 Å². The van der Waals surface area contributed by atoms with Crippen molar-refractivity contribution in [3.63, 3.8) is 0 Å². The Hall–Kier alpha value is -2.48. The molecule has 2 aromatic carbocycles. The van der Waals surface area contributed by atoms with Gasteiger partial charge in [-0.1, -0.05) is 40.6 Å². The summed E-state index contributed by atoms with van der Waals surface area (Å²) in [5.41, 5.74) is 2.74. The number of carbonyl (C=O) groups is 1. The summed E-state index contributed by atoms with van der Waals surface area (Å²) in [6, 6.07) is 13.5.